The van der Waals surface area contributed by atoms with E-state index in [2.05, 4.69) is 140 Å². The first kappa shape index (κ1) is 29.7. The van der Waals surface area contributed by atoms with Crippen molar-refractivity contribution in [1.82, 2.24) is 4.98 Å². The molecule has 0 saturated carbocycles. The van der Waals surface area contributed by atoms with Gasteiger partial charge in [0.1, 0.15) is 28.9 Å². The van der Waals surface area contributed by atoms with Gasteiger partial charge in [-0.25, -0.2) is 4.98 Å². The number of furan rings is 1. The third-order valence-corrected chi connectivity index (χ3v) is 11.9. The Morgan fingerprint density at radius 1 is 0.642 bits per heavy atom. The molecule has 3 heterocycles. The number of pyridine rings is 1. The van der Waals surface area contributed by atoms with Crippen molar-refractivity contribution in [3.63, 3.8) is 0 Å². The highest BCUT2D eigenvalue weighted by molar-refractivity contribution is 6.09. The number of hydrogen-bond acceptors (Lipinski definition) is 5. The molecule has 3 aliphatic carbocycles. The van der Waals surface area contributed by atoms with Crippen LogP contribution in [-0.4, -0.2) is 4.98 Å². The molecule has 53 heavy (non-hydrogen) atoms. The molecule has 0 N–H and O–H groups in total. The van der Waals surface area contributed by atoms with Gasteiger partial charge in [-0.15, -0.1) is 0 Å². The van der Waals surface area contributed by atoms with Crippen LogP contribution in [-0.2, 0) is 5.41 Å². The van der Waals surface area contributed by atoms with Crippen molar-refractivity contribution in [3.8, 4) is 23.3 Å². The van der Waals surface area contributed by atoms with Crippen molar-refractivity contribution >= 4 is 39.0 Å². The zero-order valence-electron chi connectivity index (χ0n) is 29.1. The third kappa shape index (κ3) is 3.81. The molecule has 1 aliphatic heterocycles. The van der Waals surface area contributed by atoms with Crippen molar-refractivity contribution < 1.29 is 4.42 Å². The molecule has 0 spiro atoms. The highest BCUT2D eigenvalue weighted by Crippen LogP contribution is 2.62. The van der Waals surface area contributed by atoms with Crippen LogP contribution in [0, 0.1) is 22.7 Å². The molecular weight excluding hydrogens is 649 g/mol. The molecule has 0 atom stereocenters. The average molecular weight is 679 g/mol. The standard InChI is InChI=1S/C48H30N4O/c1-48(2)36-24-28(27-12-4-3-5-13-27)20-22-38(36)52(39-23-21-34-29-14-10-11-19-40(29)53-47(34)44(39)48)46-35(25-49)37(26-50)51-45-42-32-17-8-6-15-30(32)41(43(45)46)31-16-7-9-18-33(31)42/h3-24,41-42H,1-2H3. The summed E-state index contributed by atoms with van der Waals surface area (Å²) in [6, 6.07) is 51.6. The zero-order chi connectivity index (χ0) is 35.6. The Bertz CT molecular complexity index is 2930. The summed E-state index contributed by atoms with van der Waals surface area (Å²) in [6.45, 7) is 4.54. The summed E-state index contributed by atoms with van der Waals surface area (Å²) in [5.41, 5.74) is 15.2. The van der Waals surface area contributed by atoms with Crippen molar-refractivity contribution in [2.75, 3.05) is 4.90 Å². The maximum absolute atomic E-state index is 11.1. The van der Waals surface area contributed by atoms with Crippen LogP contribution in [0.1, 0.15) is 81.6 Å². The SMILES string of the molecule is CC1(C)c2cc(-c3ccccc3)ccc2N(c2c(C#N)c(C#N)nc3c2C2c4ccccc4C3c3ccccc32)c2ccc3c(oc4ccccc43)c21. The Morgan fingerprint density at radius 2 is 1.28 bits per heavy atom. The van der Waals surface area contributed by atoms with Crippen LogP contribution >= 0.6 is 0 Å². The molecule has 0 saturated heterocycles. The molecule has 8 aromatic rings. The molecule has 6 aromatic carbocycles. The fraction of sp³-hybridized carbons (Fsp3) is 0.104. The van der Waals surface area contributed by atoms with Crippen LogP contribution < -0.4 is 4.90 Å². The van der Waals surface area contributed by atoms with Gasteiger partial charge in [0, 0.05) is 33.2 Å². The van der Waals surface area contributed by atoms with Crippen LogP contribution in [0.2, 0.25) is 0 Å². The van der Waals surface area contributed by atoms with E-state index >= 15 is 0 Å². The van der Waals surface area contributed by atoms with Crippen LogP contribution in [0.25, 0.3) is 33.1 Å². The first-order chi connectivity index (χ1) is 26.0. The molecule has 0 unspecified atom stereocenters. The Hall–Kier alpha value is -6.95. The largest absolute Gasteiger partial charge is 0.456 e. The van der Waals surface area contributed by atoms with E-state index in [-0.39, 0.29) is 23.1 Å². The summed E-state index contributed by atoms with van der Waals surface area (Å²) >= 11 is 0. The number of anilines is 3. The number of rotatable bonds is 2. The lowest BCUT2D eigenvalue weighted by Crippen LogP contribution is -2.35. The Labute approximate surface area is 306 Å². The number of para-hydroxylation sites is 1. The summed E-state index contributed by atoms with van der Waals surface area (Å²) in [7, 11) is 0. The van der Waals surface area contributed by atoms with Gasteiger partial charge in [-0.2, -0.15) is 10.5 Å². The molecule has 2 aromatic heterocycles. The monoisotopic (exact) mass is 678 g/mol. The van der Waals surface area contributed by atoms with Crippen molar-refractivity contribution in [3.05, 3.63) is 189 Å². The second-order valence-electron chi connectivity index (χ2n) is 14.8. The molecule has 5 heteroatoms. The Kier molecular flexibility index (Phi) is 5.92. The van der Waals surface area contributed by atoms with E-state index in [1.54, 1.807) is 0 Å². The molecule has 12 rings (SSSR count). The number of benzene rings is 6. The number of fused-ring (bicyclic) bond motifs is 6. The molecule has 0 fully saturated rings. The molecule has 4 aliphatic rings. The van der Waals surface area contributed by atoms with Crippen LogP contribution in [0.4, 0.5) is 17.1 Å². The van der Waals surface area contributed by atoms with Crippen LogP contribution in [0.3, 0.4) is 0 Å². The molecule has 0 amide bonds. The van der Waals surface area contributed by atoms with E-state index in [1.807, 2.05) is 24.3 Å². The summed E-state index contributed by atoms with van der Waals surface area (Å²) in [6.07, 6.45) is 0. The number of nitrogens with zero attached hydrogens (tertiary/aromatic N) is 4. The quantitative estimate of drug-likeness (QED) is 0.182. The van der Waals surface area contributed by atoms with Gasteiger partial charge in [-0.1, -0.05) is 117 Å². The minimum absolute atomic E-state index is 0.141. The van der Waals surface area contributed by atoms with E-state index in [0.717, 1.165) is 66.8 Å². The highest BCUT2D eigenvalue weighted by Gasteiger charge is 2.48. The fourth-order valence-electron chi connectivity index (χ4n) is 9.66. The van der Waals surface area contributed by atoms with E-state index in [9.17, 15) is 10.5 Å². The van der Waals surface area contributed by atoms with Gasteiger partial charge in [0.15, 0.2) is 5.69 Å². The van der Waals surface area contributed by atoms with Crippen molar-refractivity contribution in [1.29, 1.82) is 10.5 Å². The molecule has 5 nitrogen and oxygen atoms in total. The fourth-order valence-corrected chi connectivity index (χ4v) is 9.66. The van der Waals surface area contributed by atoms with Crippen LogP contribution in [0.15, 0.2) is 138 Å². The molecular formula is C48H30N4O. The van der Waals surface area contributed by atoms with Gasteiger partial charge in [0.25, 0.3) is 0 Å². The van der Waals surface area contributed by atoms with E-state index in [4.69, 9.17) is 9.40 Å². The molecule has 0 radical (unpaired) electrons. The first-order valence-electron chi connectivity index (χ1n) is 18.0. The van der Waals surface area contributed by atoms with Gasteiger partial charge in [-0.05, 0) is 69.3 Å². The average Bonchev–Trinajstić information content (AvgIpc) is 3.59. The topological polar surface area (TPSA) is 76.8 Å². The van der Waals surface area contributed by atoms with E-state index < -0.39 is 5.41 Å². The number of nitriles is 2. The lowest BCUT2D eigenvalue weighted by molar-refractivity contribution is 0.602. The first-order valence-corrected chi connectivity index (χ1v) is 18.0. The van der Waals surface area contributed by atoms with Gasteiger partial charge >= 0.3 is 0 Å². The summed E-state index contributed by atoms with van der Waals surface area (Å²) < 4.78 is 6.80. The van der Waals surface area contributed by atoms with Crippen molar-refractivity contribution in [2.45, 2.75) is 31.1 Å². The smallest absolute Gasteiger partial charge is 0.160 e. The minimum atomic E-state index is -0.504. The van der Waals surface area contributed by atoms with Crippen molar-refractivity contribution in [2.24, 2.45) is 0 Å². The lowest BCUT2D eigenvalue weighted by Gasteiger charge is -2.46. The molecule has 2 bridgehead atoms. The predicted octanol–water partition coefficient (Wildman–Crippen LogP) is 11.5. The van der Waals surface area contributed by atoms with Crippen LogP contribution in [0.5, 0.6) is 0 Å². The summed E-state index contributed by atoms with van der Waals surface area (Å²) in [4.78, 5) is 7.34. The van der Waals surface area contributed by atoms with E-state index in [1.165, 1.54) is 22.3 Å². The zero-order valence-corrected chi connectivity index (χ0v) is 29.1. The van der Waals surface area contributed by atoms with Gasteiger partial charge in [0.2, 0.25) is 0 Å². The number of aromatic nitrogens is 1. The van der Waals surface area contributed by atoms with E-state index in [0.29, 0.717) is 5.69 Å². The third-order valence-electron chi connectivity index (χ3n) is 11.9. The highest BCUT2D eigenvalue weighted by atomic mass is 16.3. The van der Waals surface area contributed by atoms with Gasteiger partial charge in [0.05, 0.1) is 28.7 Å². The lowest BCUT2D eigenvalue weighted by atomic mass is 9.61. The normalized spacial score (nSPS) is 16.9. The summed E-state index contributed by atoms with van der Waals surface area (Å²) in [5, 5.41) is 23.9. The Morgan fingerprint density at radius 3 is 1.98 bits per heavy atom. The Balaban J connectivity index is 1.29. The number of hydrogen-bond donors (Lipinski definition) is 0. The molecule has 248 valence electrons. The maximum atomic E-state index is 11.1. The van der Waals surface area contributed by atoms with Gasteiger partial charge < -0.3 is 9.32 Å². The second-order valence-corrected chi connectivity index (χ2v) is 14.8. The van der Waals surface area contributed by atoms with Gasteiger partial charge in [-0.3, -0.25) is 0 Å². The second kappa shape index (κ2) is 10.5. The predicted molar refractivity (Wildman–Crippen MR) is 208 cm³/mol. The minimum Gasteiger partial charge on any atom is -0.456 e. The summed E-state index contributed by atoms with van der Waals surface area (Å²) in [5.74, 6) is -0.343. The maximum Gasteiger partial charge on any atom is 0.160 e.